The van der Waals surface area contributed by atoms with Gasteiger partial charge in [0.25, 0.3) is 0 Å². The van der Waals surface area contributed by atoms with Gasteiger partial charge in [0.05, 0.1) is 12.4 Å². The van der Waals surface area contributed by atoms with Crippen molar-refractivity contribution in [1.29, 1.82) is 0 Å². The fourth-order valence-electron chi connectivity index (χ4n) is 2.18. The van der Waals surface area contributed by atoms with Crippen molar-refractivity contribution >= 4 is 5.69 Å². The van der Waals surface area contributed by atoms with Crippen molar-refractivity contribution in [3.63, 3.8) is 0 Å². The van der Waals surface area contributed by atoms with Gasteiger partial charge in [-0.25, -0.2) is 4.39 Å². The SMILES string of the molecule is Fc1cncc(N=NC(c2ccccc2)c2ccccc2)c1. The van der Waals surface area contributed by atoms with Crippen LogP contribution in [0.25, 0.3) is 0 Å². The van der Waals surface area contributed by atoms with Gasteiger partial charge in [-0.05, 0) is 11.1 Å². The second-order valence-corrected chi connectivity index (χ2v) is 4.80. The summed E-state index contributed by atoms with van der Waals surface area (Å²) in [5.41, 5.74) is 2.46. The van der Waals surface area contributed by atoms with E-state index < -0.39 is 5.82 Å². The number of aromatic nitrogens is 1. The highest BCUT2D eigenvalue weighted by Crippen LogP contribution is 2.27. The number of rotatable bonds is 4. The predicted molar refractivity (Wildman–Crippen MR) is 83.4 cm³/mol. The first-order chi connectivity index (χ1) is 10.8. The largest absolute Gasteiger partial charge is 0.259 e. The third-order valence-electron chi connectivity index (χ3n) is 3.21. The van der Waals surface area contributed by atoms with Crippen LogP contribution in [0.4, 0.5) is 10.1 Å². The molecule has 0 atom stereocenters. The van der Waals surface area contributed by atoms with Crippen molar-refractivity contribution in [3.8, 4) is 0 Å². The molecular weight excluding hydrogens is 277 g/mol. The maximum atomic E-state index is 13.2. The van der Waals surface area contributed by atoms with E-state index >= 15 is 0 Å². The molecule has 0 unspecified atom stereocenters. The number of benzene rings is 2. The third-order valence-corrected chi connectivity index (χ3v) is 3.21. The van der Waals surface area contributed by atoms with Gasteiger partial charge in [0.1, 0.15) is 17.5 Å². The predicted octanol–water partition coefficient (Wildman–Crippen LogP) is 5.09. The molecule has 0 radical (unpaired) electrons. The molecule has 1 aromatic heterocycles. The average Bonchev–Trinajstić information content (AvgIpc) is 2.57. The zero-order valence-electron chi connectivity index (χ0n) is 11.8. The van der Waals surface area contributed by atoms with Crippen molar-refractivity contribution in [2.24, 2.45) is 10.2 Å². The number of pyridine rings is 1. The lowest BCUT2D eigenvalue weighted by Crippen LogP contribution is -1.96. The van der Waals surface area contributed by atoms with E-state index in [4.69, 9.17) is 0 Å². The third kappa shape index (κ3) is 3.41. The van der Waals surface area contributed by atoms with Crippen LogP contribution in [-0.4, -0.2) is 4.98 Å². The first kappa shape index (κ1) is 14.1. The van der Waals surface area contributed by atoms with Gasteiger partial charge in [0.2, 0.25) is 0 Å². The van der Waals surface area contributed by atoms with Gasteiger partial charge in [-0.2, -0.15) is 10.2 Å². The Labute approximate surface area is 128 Å². The normalized spacial score (nSPS) is 11.2. The summed E-state index contributed by atoms with van der Waals surface area (Å²) in [6.07, 6.45) is 2.63. The summed E-state index contributed by atoms with van der Waals surface area (Å²) >= 11 is 0. The molecule has 0 saturated carbocycles. The molecule has 2 aromatic carbocycles. The summed E-state index contributed by atoms with van der Waals surface area (Å²) in [7, 11) is 0. The molecule has 3 rings (SSSR count). The highest BCUT2D eigenvalue weighted by Gasteiger charge is 2.12. The smallest absolute Gasteiger partial charge is 0.143 e. The zero-order valence-corrected chi connectivity index (χ0v) is 11.8. The van der Waals surface area contributed by atoms with Gasteiger partial charge in [0, 0.05) is 6.07 Å². The fraction of sp³-hybridized carbons (Fsp3) is 0.0556. The summed E-state index contributed by atoms with van der Waals surface area (Å²) in [5.74, 6) is -0.424. The minimum absolute atomic E-state index is 0.231. The second-order valence-electron chi connectivity index (χ2n) is 4.80. The maximum absolute atomic E-state index is 13.2. The molecule has 0 aliphatic carbocycles. The molecule has 4 heteroatoms. The van der Waals surface area contributed by atoms with Crippen LogP contribution in [0.15, 0.2) is 89.4 Å². The van der Waals surface area contributed by atoms with Crippen molar-refractivity contribution in [1.82, 2.24) is 4.98 Å². The fourth-order valence-corrected chi connectivity index (χ4v) is 2.18. The van der Waals surface area contributed by atoms with E-state index in [1.807, 2.05) is 60.7 Å². The number of hydrogen-bond donors (Lipinski definition) is 0. The Hall–Kier alpha value is -2.88. The molecule has 1 heterocycles. The van der Waals surface area contributed by atoms with Gasteiger partial charge in [-0.3, -0.25) is 4.98 Å². The molecule has 108 valence electrons. The molecule has 3 aromatic rings. The van der Waals surface area contributed by atoms with Crippen LogP contribution >= 0.6 is 0 Å². The Kier molecular flexibility index (Phi) is 4.30. The topological polar surface area (TPSA) is 37.6 Å². The monoisotopic (exact) mass is 291 g/mol. The van der Waals surface area contributed by atoms with E-state index in [1.165, 1.54) is 12.3 Å². The zero-order chi connectivity index (χ0) is 15.2. The van der Waals surface area contributed by atoms with E-state index in [-0.39, 0.29) is 6.04 Å². The molecule has 0 saturated heterocycles. The lowest BCUT2D eigenvalue weighted by Gasteiger charge is -2.12. The highest BCUT2D eigenvalue weighted by molar-refractivity contribution is 5.34. The van der Waals surface area contributed by atoms with Crippen molar-refractivity contribution in [2.45, 2.75) is 6.04 Å². The number of halogens is 1. The lowest BCUT2D eigenvalue weighted by molar-refractivity contribution is 0.621. The van der Waals surface area contributed by atoms with Gasteiger partial charge in [0.15, 0.2) is 0 Å². The van der Waals surface area contributed by atoms with E-state index in [0.29, 0.717) is 5.69 Å². The standard InChI is InChI=1S/C18H14FN3/c19-16-11-17(13-20-12-16)21-22-18(14-7-3-1-4-8-14)15-9-5-2-6-10-15/h1-13,18H. The quantitative estimate of drug-likeness (QED) is 0.617. The Bertz CT molecular complexity index is 718. The molecule has 3 nitrogen and oxygen atoms in total. The van der Waals surface area contributed by atoms with Crippen molar-refractivity contribution < 1.29 is 4.39 Å². The van der Waals surface area contributed by atoms with Gasteiger partial charge in [-0.1, -0.05) is 60.7 Å². The van der Waals surface area contributed by atoms with E-state index in [1.54, 1.807) is 0 Å². The number of hydrogen-bond acceptors (Lipinski definition) is 3. The minimum Gasteiger partial charge on any atom is -0.259 e. The summed E-state index contributed by atoms with van der Waals surface area (Å²) in [5, 5.41) is 8.54. The molecule has 0 amide bonds. The summed E-state index contributed by atoms with van der Waals surface area (Å²) < 4.78 is 13.2. The first-order valence-electron chi connectivity index (χ1n) is 6.94. The molecule has 22 heavy (non-hydrogen) atoms. The van der Waals surface area contributed by atoms with E-state index in [0.717, 1.165) is 17.3 Å². The highest BCUT2D eigenvalue weighted by atomic mass is 19.1. The Morgan fingerprint density at radius 2 is 1.41 bits per heavy atom. The summed E-state index contributed by atoms with van der Waals surface area (Å²) in [4.78, 5) is 3.78. The van der Waals surface area contributed by atoms with Crippen molar-refractivity contribution in [2.75, 3.05) is 0 Å². The van der Waals surface area contributed by atoms with Gasteiger partial charge < -0.3 is 0 Å². The maximum Gasteiger partial charge on any atom is 0.143 e. The minimum atomic E-state index is -0.424. The molecule has 0 fully saturated rings. The first-order valence-corrected chi connectivity index (χ1v) is 6.94. The summed E-state index contributed by atoms with van der Waals surface area (Å²) in [6, 6.07) is 20.8. The van der Waals surface area contributed by atoms with Crippen LogP contribution in [0.1, 0.15) is 17.2 Å². The molecule has 0 aliphatic rings. The van der Waals surface area contributed by atoms with Crippen LogP contribution < -0.4 is 0 Å². The molecular formula is C18H14FN3. The Morgan fingerprint density at radius 1 is 0.818 bits per heavy atom. The Balaban J connectivity index is 1.96. The van der Waals surface area contributed by atoms with Crippen LogP contribution in [0.2, 0.25) is 0 Å². The van der Waals surface area contributed by atoms with Gasteiger partial charge >= 0.3 is 0 Å². The van der Waals surface area contributed by atoms with Crippen molar-refractivity contribution in [3.05, 3.63) is 96.1 Å². The molecule has 0 aliphatic heterocycles. The molecule has 0 N–H and O–H groups in total. The van der Waals surface area contributed by atoms with E-state index in [9.17, 15) is 4.39 Å². The number of azo groups is 1. The summed E-state index contributed by atoms with van der Waals surface area (Å²) in [6.45, 7) is 0. The van der Waals surface area contributed by atoms with Gasteiger partial charge in [-0.15, -0.1) is 0 Å². The molecule has 0 bridgehead atoms. The van der Waals surface area contributed by atoms with E-state index in [2.05, 4.69) is 15.2 Å². The van der Waals surface area contributed by atoms with Crippen LogP contribution in [0.3, 0.4) is 0 Å². The average molecular weight is 291 g/mol. The Morgan fingerprint density at radius 3 is 1.95 bits per heavy atom. The lowest BCUT2D eigenvalue weighted by atomic mass is 10.00. The van der Waals surface area contributed by atoms with Crippen LogP contribution in [-0.2, 0) is 0 Å². The van der Waals surface area contributed by atoms with Crippen LogP contribution in [0, 0.1) is 5.82 Å². The second kappa shape index (κ2) is 6.72. The van der Waals surface area contributed by atoms with Crippen LogP contribution in [0.5, 0.6) is 0 Å². The number of nitrogens with zero attached hydrogens (tertiary/aromatic N) is 3. The molecule has 0 spiro atoms.